The summed E-state index contributed by atoms with van der Waals surface area (Å²) in [6.07, 6.45) is 24.6. The third kappa shape index (κ3) is 45.1. The summed E-state index contributed by atoms with van der Waals surface area (Å²) in [4.78, 5) is 225. The number of carbonyl (C=O) groups is 16. The Labute approximate surface area is 816 Å². The number of fused-ring (bicyclic) bond motifs is 2. The summed E-state index contributed by atoms with van der Waals surface area (Å²) in [5.41, 5.74) is 19.1. The molecule has 0 aliphatic carbocycles. The molecule has 0 unspecified atom stereocenters. The minimum Gasteiger partial charge on any atom is -0.396 e. The molecule has 0 bridgehead atoms. The largest absolute Gasteiger partial charge is 0.396 e. The van der Waals surface area contributed by atoms with Crippen LogP contribution in [0.5, 0.6) is 0 Å². The maximum Gasteiger partial charge on any atom is 0.246 e. The number of tetrazole rings is 1. The number of nitrogens with two attached hydrogens (primary N) is 3. The molecule has 4 aromatic rings. The SMILES string of the molecule is CC(=O)[C@@H]1CCCCCC(=O)CC[C@H](C)C(=O)N2C[C@H](O)C[C@H]2C(=O)N[C@H](Cc2ccccc2)C(=O)N[C@@H](CCCN=C(N)N)C(=O)N[C@@H](Cc2c[nH]c3ccccc23)C(=O)N1.CCCC[C@H](NC(=O)[C@H](CCO)NC(=O)[C@H](CC1=CCC=N1)NC(=O)[C@H](CCC(N)=O)NC(=O)[C@H](CO)NC(=O)CNC(=O)COCCOCCNC(=O)CCCCCCCCCCCCCCCc1nn[nH]n1)C(=O)NC. The van der Waals surface area contributed by atoms with Gasteiger partial charge in [0.25, 0.3) is 0 Å². The number of aromatic amines is 2. The van der Waals surface area contributed by atoms with Crippen LogP contribution in [-0.2, 0) is 105 Å². The van der Waals surface area contributed by atoms with Crippen molar-refractivity contribution in [2.45, 2.75) is 312 Å². The Kier molecular flexibility index (Phi) is 54.9. The second-order valence-corrected chi connectivity index (χ2v) is 35.5. The van der Waals surface area contributed by atoms with E-state index < -0.39 is 176 Å². The van der Waals surface area contributed by atoms with Gasteiger partial charge in [-0.1, -0.05) is 170 Å². The molecule has 2 aromatic carbocycles. The fourth-order valence-electron chi connectivity index (χ4n) is 16.2. The molecule has 774 valence electrons. The van der Waals surface area contributed by atoms with Gasteiger partial charge in [-0.2, -0.15) is 5.21 Å². The number of aryl methyl sites for hydroxylation is 1. The summed E-state index contributed by atoms with van der Waals surface area (Å²) < 4.78 is 10.7. The lowest BCUT2D eigenvalue weighted by Gasteiger charge is -2.29. The van der Waals surface area contributed by atoms with Gasteiger partial charge in [-0.3, -0.25) is 86.7 Å². The van der Waals surface area contributed by atoms with Gasteiger partial charge < -0.3 is 116 Å². The number of guanidine groups is 1. The normalized spacial score (nSPS) is 18.9. The van der Waals surface area contributed by atoms with E-state index in [1.54, 1.807) is 55.7 Å². The van der Waals surface area contributed by atoms with Gasteiger partial charge in [0.1, 0.15) is 66.8 Å². The van der Waals surface area contributed by atoms with Crippen LogP contribution in [0, 0.1) is 5.92 Å². The number of nitrogens with one attached hydrogen (secondary N) is 14. The minimum atomic E-state index is -1.63. The summed E-state index contributed by atoms with van der Waals surface area (Å²) in [7, 11) is 1.42. The second-order valence-electron chi connectivity index (χ2n) is 35.5. The van der Waals surface area contributed by atoms with Crippen molar-refractivity contribution in [3.05, 3.63) is 89.5 Å². The molecule has 44 heteroatoms. The monoisotopic (exact) mass is 1960 g/mol. The van der Waals surface area contributed by atoms with Crippen molar-refractivity contribution in [3.63, 3.8) is 0 Å². The Hall–Kier alpha value is -12.5. The first kappa shape index (κ1) is 116. The van der Waals surface area contributed by atoms with Gasteiger partial charge in [0.15, 0.2) is 17.6 Å². The van der Waals surface area contributed by atoms with Gasteiger partial charge in [-0.25, -0.2) is 0 Å². The van der Waals surface area contributed by atoms with E-state index >= 15 is 0 Å². The van der Waals surface area contributed by atoms with E-state index in [-0.39, 0.29) is 133 Å². The second kappa shape index (κ2) is 66.1. The topological polar surface area (TPSA) is 673 Å². The highest BCUT2D eigenvalue weighted by Crippen LogP contribution is 2.26. The fourth-order valence-corrected chi connectivity index (χ4v) is 16.2. The molecule has 7 rings (SSSR count). The summed E-state index contributed by atoms with van der Waals surface area (Å²) in [6.45, 7) is 3.30. The minimum absolute atomic E-state index is 0.0144. The molecule has 3 aliphatic rings. The third-order valence-corrected chi connectivity index (χ3v) is 24.1. The Balaban J connectivity index is 0.000000439. The highest BCUT2D eigenvalue weighted by Gasteiger charge is 2.43. The van der Waals surface area contributed by atoms with E-state index in [9.17, 15) is 92.0 Å². The molecule has 3 aliphatic heterocycles. The number of nitrogens with zero attached hydrogens (tertiary/aromatic N) is 6. The number of aromatic nitrogens is 5. The van der Waals surface area contributed by atoms with Crippen LogP contribution in [-0.4, -0.2) is 292 Å². The average Bonchev–Trinajstić information content (AvgIpc) is 1.66. The molecule has 2 fully saturated rings. The van der Waals surface area contributed by atoms with Gasteiger partial charge in [-0.05, 0) is 88.3 Å². The van der Waals surface area contributed by atoms with Crippen molar-refractivity contribution in [3.8, 4) is 0 Å². The molecule has 12 atom stereocenters. The number of aliphatic hydroxyl groups is 3. The van der Waals surface area contributed by atoms with Crippen molar-refractivity contribution in [1.82, 2.24) is 94.3 Å². The zero-order chi connectivity index (χ0) is 102. The first-order valence-electron chi connectivity index (χ1n) is 49.1. The number of hydrogen-bond acceptors (Lipinski definition) is 26. The van der Waals surface area contributed by atoms with Crippen LogP contribution >= 0.6 is 0 Å². The summed E-state index contributed by atoms with van der Waals surface area (Å²) >= 11 is 0. The van der Waals surface area contributed by atoms with Crippen LogP contribution in [0.15, 0.2) is 82.6 Å². The number of carbonyl (C=O) groups excluding carboxylic acids is 16. The number of likely N-dealkylation sites (N-methyl/N-ethyl adjacent to an activating group) is 1. The first-order chi connectivity index (χ1) is 67.4. The lowest BCUT2D eigenvalue weighted by molar-refractivity contribution is -0.142. The Morgan fingerprint density at radius 3 is 1.86 bits per heavy atom. The van der Waals surface area contributed by atoms with Crippen molar-refractivity contribution >= 4 is 117 Å². The lowest BCUT2D eigenvalue weighted by Crippen LogP contribution is -2.59. The summed E-state index contributed by atoms with van der Waals surface area (Å²) in [5.74, 6) is -9.85. The number of hydrogen-bond donors (Lipinski definition) is 20. The van der Waals surface area contributed by atoms with Crippen molar-refractivity contribution < 1.29 is 102 Å². The molecule has 140 heavy (non-hydrogen) atoms. The first-order valence-corrected chi connectivity index (χ1v) is 49.1. The molecule has 0 radical (unpaired) electrons. The van der Waals surface area contributed by atoms with Gasteiger partial charge in [-0.15, -0.1) is 10.2 Å². The molecule has 5 heterocycles. The molecule has 0 saturated carbocycles. The van der Waals surface area contributed by atoms with E-state index in [4.69, 9.17) is 26.7 Å². The summed E-state index contributed by atoms with van der Waals surface area (Å²) in [5, 5.41) is 76.5. The molecule has 14 amide bonds. The van der Waals surface area contributed by atoms with E-state index in [1.165, 1.54) is 76.7 Å². The summed E-state index contributed by atoms with van der Waals surface area (Å²) in [6, 6.07) is 3.97. The van der Waals surface area contributed by atoms with Crippen molar-refractivity contribution in [2.75, 3.05) is 72.9 Å². The number of ether oxygens (including phenoxy) is 2. The van der Waals surface area contributed by atoms with Gasteiger partial charge in [0.05, 0.1) is 45.1 Å². The maximum atomic E-state index is 14.4. The van der Waals surface area contributed by atoms with Crippen LogP contribution in [0.4, 0.5) is 0 Å². The molecule has 0 spiro atoms. The number of aliphatic hydroxyl groups excluding tert-OH is 3. The van der Waals surface area contributed by atoms with Crippen LogP contribution in [0.2, 0.25) is 0 Å². The molecule has 2 aromatic heterocycles. The van der Waals surface area contributed by atoms with E-state index in [0.717, 1.165) is 60.8 Å². The number of amides is 14. The Bertz CT molecular complexity index is 4670. The van der Waals surface area contributed by atoms with Crippen molar-refractivity contribution in [2.24, 2.45) is 33.1 Å². The number of primary amides is 1. The van der Waals surface area contributed by atoms with E-state index in [0.29, 0.717) is 69.2 Å². The molecule has 44 nitrogen and oxygen atoms in total. The predicted octanol–water partition coefficient (Wildman–Crippen LogP) is 0.664. The number of H-pyrrole nitrogens is 2. The molecular weight excluding hydrogens is 1810 g/mol. The number of allylic oxidation sites excluding steroid dienone is 1. The van der Waals surface area contributed by atoms with E-state index in [1.807, 2.05) is 31.2 Å². The maximum absolute atomic E-state index is 14.4. The predicted molar refractivity (Wildman–Crippen MR) is 520 cm³/mol. The van der Waals surface area contributed by atoms with Gasteiger partial charge >= 0.3 is 0 Å². The Morgan fingerprint density at radius 1 is 0.607 bits per heavy atom. The number of rotatable bonds is 56. The van der Waals surface area contributed by atoms with Crippen LogP contribution in [0.1, 0.15) is 243 Å². The number of Topliss-reactive ketones (excluding diaryl/α,β-unsaturated/α-hetero) is 2. The van der Waals surface area contributed by atoms with Crippen LogP contribution in [0.25, 0.3) is 10.9 Å². The third-order valence-electron chi connectivity index (χ3n) is 24.1. The number of aliphatic imine (C=N–C) groups is 2. The molecular formula is C96H149N23O21. The number of ketones is 2. The zero-order valence-electron chi connectivity index (χ0n) is 81.3. The lowest BCUT2D eigenvalue weighted by atomic mass is 9.98. The number of benzene rings is 2. The number of unbranched alkanes of at least 4 members (excludes halogenated alkanes) is 13. The average molecular weight is 1960 g/mol. The number of para-hydroxylation sites is 1. The molecule has 2 saturated heterocycles. The standard InChI is InChI=1S/C51H88N14O13.C45H61N9O8/c1-3-4-20-37(47(72)53-2)58-49(74)39(25-28-66)60-50(75)40(32-36-19-18-26-54-36)61-48(73)38(23-24-42(52)68)59-51(76)41(34-67)57-45(70)33-56-46(71)35-78-31-30-77-29-27-55-44(69)22-17-15-13-11-9-7-5-6-8-10-12-14-16-21-43-62-64-65-63-43;1-27-19-20-31(56)14-7-4-8-16-34(28(2)55)50-42(60)38(23-30-25-49-35-17-10-9-15-33(30)35)52-40(58)36(18-11-21-48-45(46)47)51-41(59)37(22-29-12-5-3-6-13-29)53-43(61)39-24-32(57)26-54(39)44(27)62/h19,26,37-41,66-67H,3-18,20-25,27-35H2,1-2H3,(H2,52,68)(H,53,72)(H,55,69)(H,56,71)(H,57,70)(H,58,74)(H,59,76)(H,60,75)(H,61,73)(H,62,63,64,65);3,5-6,9-10,12-13,15,17,25,27,32,34,36-39,49,57H,4,7-8,11,14,16,18-24,26H2,1-2H3,(H,50,60)(H,51,59)(H,52,58)(H,53,61)(H4,46,47,48)/t37-,38-,39-,40-,41-;27-,32+,34-,36-,37+,38-,39-/m00/s1. The highest BCUT2D eigenvalue weighted by molar-refractivity contribution is 6.00. The highest BCUT2D eigenvalue weighted by atomic mass is 16.5. The van der Waals surface area contributed by atoms with Crippen LogP contribution in [0.3, 0.4) is 0 Å². The smallest absolute Gasteiger partial charge is 0.246 e. The van der Waals surface area contributed by atoms with Crippen molar-refractivity contribution in [1.29, 1.82) is 0 Å². The van der Waals surface area contributed by atoms with Gasteiger partial charge in [0.2, 0.25) is 82.7 Å². The Morgan fingerprint density at radius 2 is 1.22 bits per heavy atom. The molecule has 23 N–H and O–H groups in total. The van der Waals surface area contributed by atoms with Crippen LogP contribution < -0.4 is 81.0 Å². The quantitative estimate of drug-likeness (QED) is 0.0164. The fraction of sp³-hybridized carbons (Fsp3) is 0.635. The zero-order valence-corrected chi connectivity index (χ0v) is 81.3. The van der Waals surface area contributed by atoms with E-state index in [2.05, 4.69) is 99.4 Å². The van der Waals surface area contributed by atoms with Gasteiger partial charge in [0, 0.05) is 132 Å².